The number of benzene rings is 2. The van der Waals surface area contributed by atoms with E-state index in [0.717, 1.165) is 17.3 Å². The summed E-state index contributed by atoms with van der Waals surface area (Å²) in [5.74, 6) is 0. The first kappa shape index (κ1) is 15.1. The maximum Gasteiger partial charge on any atom is 0.0511 e. The Morgan fingerprint density at radius 1 is 1.05 bits per heavy atom. The minimum absolute atomic E-state index is 0.362. The lowest BCUT2D eigenvalue weighted by atomic mass is 10.0. The topological polar surface area (TPSA) is 12.0 Å². The molecule has 1 N–H and O–H groups in total. The summed E-state index contributed by atoms with van der Waals surface area (Å²) in [6.45, 7) is 6.55. The normalized spacial score (nSPS) is 12.2. The predicted molar refractivity (Wildman–Crippen MR) is 91.4 cm³/mol. The summed E-state index contributed by atoms with van der Waals surface area (Å²) < 4.78 is 1.13. The van der Waals surface area contributed by atoms with Gasteiger partial charge < -0.3 is 5.32 Å². The van der Waals surface area contributed by atoms with Gasteiger partial charge in [0.1, 0.15) is 0 Å². The smallest absolute Gasteiger partial charge is 0.0511 e. The van der Waals surface area contributed by atoms with Crippen molar-refractivity contribution in [1.29, 1.82) is 0 Å². The van der Waals surface area contributed by atoms with Crippen molar-refractivity contribution in [2.75, 3.05) is 5.32 Å². The number of aryl methyl sites for hydroxylation is 2. The minimum Gasteiger partial charge on any atom is -0.378 e. The molecule has 0 saturated heterocycles. The van der Waals surface area contributed by atoms with Crippen LogP contribution in [-0.4, -0.2) is 0 Å². The fourth-order valence-electron chi connectivity index (χ4n) is 2.38. The van der Waals surface area contributed by atoms with Gasteiger partial charge in [0.25, 0.3) is 0 Å². The molecule has 0 aliphatic heterocycles. The van der Waals surface area contributed by atoms with E-state index in [1.165, 1.54) is 22.4 Å². The number of nitrogens with one attached hydrogen (secondary N) is 1. The van der Waals surface area contributed by atoms with Crippen LogP contribution in [0.4, 0.5) is 5.69 Å². The molecule has 2 aromatic rings. The van der Waals surface area contributed by atoms with Crippen LogP contribution in [0.15, 0.2) is 46.9 Å². The van der Waals surface area contributed by atoms with E-state index in [1.807, 2.05) is 0 Å². The van der Waals surface area contributed by atoms with Gasteiger partial charge in [0.15, 0.2) is 0 Å². The molecule has 2 heteroatoms. The van der Waals surface area contributed by atoms with Crippen LogP contribution in [-0.2, 0) is 6.42 Å². The number of halogens is 1. The Hall–Kier alpha value is -1.28. The van der Waals surface area contributed by atoms with E-state index in [9.17, 15) is 0 Å². The van der Waals surface area contributed by atoms with Gasteiger partial charge in [0, 0.05) is 10.2 Å². The molecule has 2 aromatic carbocycles. The molecule has 0 amide bonds. The van der Waals surface area contributed by atoms with Crippen molar-refractivity contribution in [1.82, 2.24) is 0 Å². The number of hydrogen-bond acceptors (Lipinski definition) is 1. The summed E-state index contributed by atoms with van der Waals surface area (Å²) in [6.07, 6.45) is 2.16. The van der Waals surface area contributed by atoms with Gasteiger partial charge in [-0.1, -0.05) is 54.0 Å². The molecule has 1 atom stereocenters. The molecule has 20 heavy (non-hydrogen) atoms. The highest BCUT2D eigenvalue weighted by atomic mass is 79.9. The molecule has 0 bridgehead atoms. The first-order valence-corrected chi connectivity index (χ1v) is 8.04. The highest BCUT2D eigenvalue weighted by molar-refractivity contribution is 9.10. The highest BCUT2D eigenvalue weighted by Crippen LogP contribution is 2.27. The molecule has 0 heterocycles. The van der Waals surface area contributed by atoms with E-state index in [0.29, 0.717) is 6.04 Å². The summed E-state index contributed by atoms with van der Waals surface area (Å²) in [5, 5.41) is 3.66. The second-order valence-corrected chi connectivity index (χ2v) is 6.08. The fraction of sp³-hybridized carbons (Fsp3) is 0.333. The third kappa shape index (κ3) is 3.63. The zero-order valence-corrected chi connectivity index (χ0v) is 14.0. The van der Waals surface area contributed by atoms with E-state index in [1.54, 1.807) is 0 Å². The SMILES string of the molecule is CCc1ccc(C(CC)Nc2ccc(Br)cc2C)cc1. The van der Waals surface area contributed by atoms with Crippen molar-refractivity contribution in [3.8, 4) is 0 Å². The quantitative estimate of drug-likeness (QED) is 0.720. The molecule has 0 saturated carbocycles. The average Bonchev–Trinajstić information content (AvgIpc) is 2.47. The van der Waals surface area contributed by atoms with Crippen molar-refractivity contribution in [3.63, 3.8) is 0 Å². The molecule has 0 aliphatic rings. The summed E-state index contributed by atoms with van der Waals surface area (Å²) in [5.41, 5.74) is 5.22. The second-order valence-electron chi connectivity index (χ2n) is 5.16. The molecule has 0 aromatic heterocycles. The van der Waals surface area contributed by atoms with Crippen LogP contribution < -0.4 is 5.32 Å². The van der Waals surface area contributed by atoms with Crippen molar-refractivity contribution < 1.29 is 0 Å². The second kappa shape index (κ2) is 6.94. The first-order chi connectivity index (χ1) is 9.63. The predicted octanol–water partition coefficient (Wildman–Crippen LogP) is 5.88. The molecule has 0 radical (unpaired) electrons. The number of anilines is 1. The summed E-state index contributed by atoms with van der Waals surface area (Å²) in [6, 6.07) is 15.7. The van der Waals surface area contributed by atoms with Crippen molar-refractivity contribution in [2.45, 2.75) is 39.7 Å². The lowest BCUT2D eigenvalue weighted by Gasteiger charge is -2.20. The van der Waals surface area contributed by atoms with Crippen LogP contribution >= 0.6 is 15.9 Å². The van der Waals surface area contributed by atoms with Gasteiger partial charge in [-0.3, -0.25) is 0 Å². The van der Waals surface area contributed by atoms with Gasteiger partial charge >= 0.3 is 0 Å². The average molecular weight is 332 g/mol. The lowest BCUT2D eigenvalue weighted by molar-refractivity contribution is 0.748. The lowest BCUT2D eigenvalue weighted by Crippen LogP contribution is -2.10. The van der Waals surface area contributed by atoms with Crippen LogP contribution in [0.3, 0.4) is 0 Å². The van der Waals surface area contributed by atoms with E-state index < -0.39 is 0 Å². The van der Waals surface area contributed by atoms with Crippen LogP contribution in [0.2, 0.25) is 0 Å². The Balaban J connectivity index is 2.19. The number of hydrogen-bond donors (Lipinski definition) is 1. The van der Waals surface area contributed by atoms with Gasteiger partial charge in [0.05, 0.1) is 6.04 Å². The standard InChI is InChI=1S/C18H22BrN/c1-4-14-6-8-15(9-7-14)17(5-2)20-18-11-10-16(19)12-13(18)3/h6-12,17,20H,4-5H2,1-3H3. The molecule has 1 unspecified atom stereocenters. The summed E-state index contributed by atoms with van der Waals surface area (Å²) in [7, 11) is 0. The Bertz CT molecular complexity index is 560. The summed E-state index contributed by atoms with van der Waals surface area (Å²) in [4.78, 5) is 0. The fourth-order valence-corrected chi connectivity index (χ4v) is 2.86. The van der Waals surface area contributed by atoms with E-state index >= 15 is 0 Å². The summed E-state index contributed by atoms with van der Waals surface area (Å²) >= 11 is 3.51. The molecule has 0 spiro atoms. The maximum absolute atomic E-state index is 3.66. The van der Waals surface area contributed by atoms with Gasteiger partial charge in [-0.2, -0.15) is 0 Å². The highest BCUT2D eigenvalue weighted by Gasteiger charge is 2.10. The van der Waals surface area contributed by atoms with Gasteiger partial charge in [-0.05, 0) is 54.7 Å². The van der Waals surface area contributed by atoms with Gasteiger partial charge in [0.2, 0.25) is 0 Å². The zero-order chi connectivity index (χ0) is 14.5. The van der Waals surface area contributed by atoms with Crippen molar-refractivity contribution in [2.24, 2.45) is 0 Å². The Morgan fingerprint density at radius 3 is 2.30 bits per heavy atom. The van der Waals surface area contributed by atoms with Gasteiger partial charge in [-0.25, -0.2) is 0 Å². The molecule has 1 nitrogen and oxygen atoms in total. The zero-order valence-electron chi connectivity index (χ0n) is 12.4. The van der Waals surface area contributed by atoms with Crippen molar-refractivity contribution in [3.05, 3.63) is 63.6 Å². The number of rotatable bonds is 5. The van der Waals surface area contributed by atoms with Crippen LogP contribution in [0.5, 0.6) is 0 Å². The van der Waals surface area contributed by atoms with Crippen molar-refractivity contribution >= 4 is 21.6 Å². The largest absolute Gasteiger partial charge is 0.378 e. The Labute approximate surface area is 130 Å². The molecule has 106 valence electrons. The van der Waals surface area contributed by atoms with Crippen LogP contribution in [0.1, 0.15) is 43.0 Å². The third-order valence-corrected chi connectivity index (χ3v) is 4.21. The van der Waals surface area contributed by atoms with E-state index in [4.69, 9.17) is 0 Å². The maximum atomic E-state index is 3.66. The third-order valence-electron chi connectivity index (χ3n) is 3.72. The Morgan fingerprint density at radius 2 is 1.75 bits per heavy atom. The molecule has 0 fully saturated rings. The van der Waals surface area contributed by atoms with E-state index in [2.05, 4.69) is 84.5 Å². The molecule has 2 rings (SSSR count). The molecule has 0 aliphatic carbocycles. The van der Waals surface area contributed by atoms with E-state index in [-0.39, 0.29) is 0 Å². The van der Waals surface area contributed by atoms with Gasteiger partial charge in [-0.15, -0.1) is 0 Å². The molecular weight excluding hydrogens is 310 g/mol. The minimum atomic E-state index is 0.362. The Kier molecular flexibility index (Phi) is 5.24. The molecular formula is C18H22BrN. The van der Waals surface area contributed by atoms with Crippen LogP contribution in [0.25, 0.3) is 0 Å². The van der Waals surface area contributed by atoms with Crippen LogP contribution in [0, 0.1) is 6.92 Å². The first-order valence-electron chi connectivity index (χ1n) is 7.25. The monoisotopic (exact) mass is 331 g/mol.